The van der Waals surface area contributed by atoms with Crippen LogP contribution in [0.3, 0.4) is 0 Å². The number of amides is 1. The summed E-state index contributed by atoms with van der Waals surface area (Å²) in [6, 6.07) is 22.8. The lowest BCUT2D eigenvalue weighted by Gasteiger charge is -2.10. The van der Waals surface area contributed by atoms with Crippen molar-refractivity contribution in [3.63, 3.8) is 0 Å². The Balaban J connectivity index is 1.66. The van der Waals surface area contributed by atoms with E-state index in [0.29, 0.717) is 23.5 Å². The van der Waals surface area contributed by atoms with Gasteiger partial charge in [0.2, 0.25) is 0 Å². The summed E-state index contributed by atoms with van der Waals surface area (Å²) in [5.74, 6) is -0.483. The van der Waals surface area contributed by atoms with E-state index in [2.05, 4.69) is 10.6 Å². The van der Waals surface area contributed by atoms with Crippen LogP contribution in [0, 0.1) is 21.4 Å². The Morgan fingerprint density at radius 3 is 2.57 bits per heavy atom. The highest BCUT2D eigenvalue weighted by molar-refractivity contribution is 6.05. The first-order valence-electron chi connectivity index (χ1n) is 9.44. The fraction of sp³-hybridized carbons (Fsp3) is 0.130. The number of nitro benzene ring substituents is 1. The minimum absolute atomic E-state index is 0.159. The summed E-state index contributed by atoms with van der Waals surface area (Å²) in [5, 5.41) is 26.2. The van der Waals surface area contributed by atoms with Crippen LogP contribution in [-0.4, -0.2) is 17.4 Å². The van der Waals surface area contributed by atoms with Crippen molar-refractivity contribution < 1.29 is 9.72 Å². The fourth-order valence-electron chi connectivity index (χ4n) is 3.00. The molecule has 7 heteroatoms. The van der Waals surface area contributed by atoms with E-state index in [1.807, 2.05) is 36.4 Å². The third-order valence-corrected chi connectivity index (χ3v) is 4.51. The zero-order chi connectivity index (χ0) is 21.3. The number of carbonyl (C=O) groups excluding carboxylic acids is 1. The van der Waals surface area contributed by atoms with Gasteiger partial charge >= 0.3 is 0 Å². The summed E-state index contributed by atoms with van der Waals surface area (Å²) < 4.78 is 0. The van der Waals surface area contributed by atoms with E-state index in [9.17, 15) is 14.9 Å². The van der Waals surface area contributed by atoms with Gasteiger partial charge in [-0.2, -0.15) is 5.26 Å². The molecule has 3 aromatic carbocycles. The number of rotatable bonds is 8. The quantitative estimate of drug-likeness (QED) is 0.322. The molecule has 0 saturated heterocycles. The molecule has 0 heterocycles. The van der Waals surface area contributed by atoms with Gasteiger partial charge < -0.3 is 10.6 Å². The van der Waals surface area contributed by atoms with Crippen molar-refractivity contribution in [3.05, 3.63) is 99.6 Å². The van der Waals surface area contributed by atoms with Crippen molar-refractivity contribution in [1.29, 1.82) is 5.26 Å². The molecule has 1 amide bonds. The van der Waals surface area contributed by atoms with Crippen LogP contribution in [0.15, 0.2) is 72.8 Å². The van der Waals surface area contributed by atoms with Crippen LogP contribution < -0.4 is 10.6 Å². The van der Waals surface area contributed by atoms with Gasteiger partial charge in [0.1, 0.15) is 5.69 Å². The number of carbonyl (C=O) groups is 1. The van der Waals surface area contributed by atoms with Crippen LogP contribution in [0.4, 0.5) is 17.1 Å². The molecule has 30 heavy (non-hydrogen) atoms. The van der Waals surface area contributed by atoms with E-state index in [1.165, 1.54) is 23.8 Å². The summed E-state index contributed by atoms with van der Waals surface area (Å²) >= 11 is 0. The monoisotopic (exact) mass is 400 g/mol. The Labute approximate surface area is 174 Å². The van der Waals surface area contributed by atoms with Gasteiger partial charge in [0.15, 0.2) is 0 Å². The molecule has 0 aliphatic heterocycles. The number of anilines is 2. The van der Waals surface area contributed by atoms with Gasteiger partial charge in [-0.25, -0.2) is 0 Å². The first-order chi connectivity index (χ1) is 14.6. The zero-order valence-electron chi connectivity index (χ0n) is 16.2. The van der Waals surface area contributed by atoms with Gasteiger partial charge in [-0.15, -0.1) is 0 Å². The summed E-state index contributed by atoms with van der Waals surface area (Å²) in [7, 11) is 0. The second-order valence-corrected chi connectivity index (χ2v) is 6.65. The third-order valence-electron chi connectivity index (χ3n) is 4.51. The van der Waals surface area contributed by atoms with Gasteiger partial charge in [-0.3, -0.25) is 14.9 Å². The van der Waals surface area contributed by atoms with Gasteiger partial charge in [0, 0.05) is 23.9 Å². The molecule has 2 N–H and O–H groups in total. The molecule has 0 aliphatic carbocycles. The zero-order valence-corrected chi connectivity index (χ0v) is 16.2. The molecule has 0 bridgehead atoms. The Morgan fingerprint density at radius 1 is 1.03 bits per heavy atom. The lowest BCUT2D eigenvalue weighted by atomic mass is 10.1. The second kappa shape index (κ2) is 9.85. The minimum Gasteiger partial charge on any atom is -0.379 e. The number of nitro groups is 1. The van der Waals surface area contributed by atoms with Gasteiger partial charge in [0.25, 0.3) is 11.6 Å². The highest BCUT2D eigenvalue weighted by Gasteiger charge is 2.17. The summed E-state index contributed by atoms with van der Waals surface area (Å²) in [6.07, 6.45) is 1.68. The van der Waals surface area contributed by atoms with Crippen LogP contribution in [0.2, 0.25) is 0 Å². The average molecular weight is 400 g/mol. The lowest BCUT2D eigenvalue weighted by molar-refractivity contribution is -0.384. The third kappa shape index (κ3) is 5.42. The first-order valence-corrected chi connectivity index (χ1v) is 9.44. The normalized spacial score (nSPS) is 10.1. The van der Waals surface area contributed by atoms with Crippen molar-refractivity contribution in [2.75, 3.05) is 17.2 Å². The molecule has 0 saturated carbocycles. The highest BCUT2D eigenvalue weighted by atomic mass is 16.6. The van der Waals surface area contributed by atoms with Crippen molar-refractivity contribution in [2.45, 2.75) is 12.8 Å². The summed E-state index contributed by atoms with van der Waals surface area (Å²) in [6.45, 7) is 0.572. The van der Waals surface area contributed by atoms with E-state index in [-0.39, 0.29) is 11.3 Å². The molecule has 3 rings (SSSR count). The highest BCUT2D eigenvalue weighted by Crippen LogP contribution is 2.26. The number of nitrogens with one attached hydrogen (secondary N) is 2. The molecular weight excluding hydrogens is 380 g/mol. The Kier molecular flexibility index (Phi) is 6.74. The molecule has 3 aromatic rings. The topological polar surface area (TPSA) is 108 Å². The van der Waals surface area contributed by atoms with E-state index >= 15 is 0 Å². The Bertz CT molecular complexity index is 1090. The number of hydrogen-bond donors (Lipinski definition) is 2. The molecule has 0 radical (unpaired) electrons. The van der Waals surface area contributed by atoms with Crippen LogP contribution in [-0.2, 0) is 6.42 Å². The second-order valence-electron chi connectivity index (χ2n) is 6.65. The van der Waals surface area contributed by atoms with E-state index in [0.717, 1.165) is 12.8 Å². The molecular formula is C23H20N4O3. The van der Waals surface area contributed by atoms with Crippen molar-refractivity contribution in [3.8, 4) is 6.07 Å². The van der Waals surface area contributed by atoms with Crippen molar-refractivity contribution in [1.82, 2.24) is 0 Å². The maximum atomic E-state index is 12.5. The molecule has 150 valence electrons. The fourth-order valence-corrected chi connectivity index (χ4v) is 3.00. The van der Waals surface area contributed by atoms with Crippen LogP contribution in [0.5, 0.6) is 0 Å². The Morgan fingerprint density at radius 2 is 1.83 bits per heavy atom. The summed E-state index contributed by atoms with van der Waals surface area (Å²) in [5.41, 5.74) is 2.45. The average Bonchev–Trinajstić information content (AvgIpc) is 2.77. The molecule has 0 spiro atoms. The molecule has 0 atom stereocenters. The predicted octanol–water partition coefficient (Wildman–Crippen LogP) is 4.76. The first kappa shape index (κ1) is 20.6. The van der Waals surface area contributed by atoms with Crippen molar-refractivity contribution >= 4 is 23.0 Å². The number of aryl methyl sites for hydroxylation is 1. The lowest BCUT2D eigenvalue weighted by Crippen LogP contribution is -2.13. The molecule has 0 unspecified atom stereocenters. The molecule has 0 aliphatic rings. The van der Waals surface area contributed by atoms with E-state index in [4.69, 9.17) is 5.26 Å². The van der Waals surface area contributed by atoms with Crippen molar-refractivity contribution in [2.24, 2.45) is 0 Å². The number of hydrogen-bond acceptors (Lipinski definition) is 5. The maximum Gasteiger partial charge on any atom is 0.293 e. The van der Waals surface area contributed by atoms with Gasteiger partial charge in [-0.05, 0) is 48.7 Å². The van der Waals surface area contributed by atoms with Crippen LogP contribution in [0.1, 0.15) is 27.9 Å². The largest absolute Gasteiger partial charge is 0.379 e. The number of nitriles is 1. The smallest absolute Gasteiger partial charge is 0.293 e. The van der Waals surface area contributed by atoms with Gasteiger partial charge in [0.05, 0.1) is 16.6 Å². The number of benzene rings is 3. The summed E-state index contributed by atoms with van der Waals surface area (Å²) in [4.78, 5) is 23.5. The van der Waals surface area contributed by atoms with Crippen LogP contribution >= 0.6 is 0 Å². The SMILES string of the molecule is N#Cc1cccc(NC(=O)c2ccc(NCCCc3ccccc3)c([N+](=O)[O-])c2)c1. The number of nitrogens with zero attached hydrogens (tertiary/aromatic N) is 2. The minimum atomic E-state index is -0.507. The van der Waals surface area contributed by atoms with E-state index < -0.39 is 10.8 Å². The Hall–Kier alpha value is -4.18. The molecule has 7 nitrogen and oxygen atoms in total. The van der Waals surface area contributed by atoms with Crippen LogP contribution in [0.25, 0.3) is 0 Å². The van der Waals surface area contributed by atoms with E-state index in [1.54, 1.807) is 24.3 Å². The molecule has 0 fully saturated rings. The van der Waals surface area contributed by atoms with Gasteiger partial charge in [-0.1, -0.05) is 36.4 Å². The molecule has 0 aromatic heterocycles. The predicted molar refractivity (Wildman–Crippen MR) is 115 cm³/mol. The maximum absolute atomic E-state index is 12.5. The standard InChI is InChI=1S/C23H20N4O3/c24-16-18-8-4-10-20(14-18)26-23(28)19-11-12-21(22(15-19)27(29)30)25-13-5-9-17-6-2-1-3-7-17/h1-4,6-8,10-12,14-15,25H,5,9,13H2,(H,26,28).